The molecule has 0 aliphatic carbocycles. The third-order valence-electron chi connectivity index (χ3n) is 2.97. The van der Waals surface area contributed by atoms with Crippen molar-refractivity contribution in [2.45, 2.75) is 13.0 Å². The first-order valence-corrected chi connectivity index (χ1v) is 6.21. The number of benzene rings is 1. The maximum absolute atomic E-state index is 12.1. The summed E-state index contributed by atoms with van der Waals surface area (Å²) in [5.41, 5.74) is 0.322. The fourth-order valence-electron chi connectivity index (χ4n) is 1.70. The van der Waals surface area contributed by atoms with Gasteiger partial charge in [-0.2, -0.15) is 5.10 Å². The first kappa shape index (κ1) is 15.2. The maximum atomic E-state index is 12.1. The van der Waals surface area contributed by atoms with Crippen LogP contribution in [0, 0.1) is 10.1 Å². The summed E-state index contributed by atoms with van der Waals surface area (Å²) in [6.07, 6.45) is 2.23. The fraction of sp³-hybridized carbons (Fsp3) is 0.154. The van der Waals surface area contributed by atoms with Gasteiger partial charge in [0, 0.05) is 5.69 Å². The Hall–Kier alpha value is -3.23. The molecule has 0 aliphatic heterocycles. The fourth-order valence-corrected chi connectivity index (χ4v) is 1.70. The number of aromatic nitrogens is 2. The number of hydrogen-bond acceptors (Lipinski definition) is 5. The normalized spacial score (nSPS) is 11.7. The number of aromatic carboxylic acids is 1. The summed E-state index contributed by atoms with van der Waals surface area (Å²) < 4.78 is 1.18. The summed E-state index contributed by atoms with van der Waals surface area (Å²) in [7, 11) is 0. The van der Waals surface area contributed by atoms with Gasteiger partial charge in [-0.1, -0.05) is 0 Å². The highest BCUT2D eigenvalue weighted by atomic mass is 16.6. The molecule has 2 N–H and O–H groups in total. The van der Waals surface area contributed by atoms with Crippen LogP contribution in [-0.4, -0.2) is 31.7 Å². The van der Waals surface area contributed by atoms with Crippen molar-refractivity contribution in [3.63, 3.8) is 0 Å². The molecule has 1 aromatic heterocycles. The van der Waals surface area contributed by atoms with E-state index in [4.69, 9.17) is 5.11 Å². The topological polar surface area (TPSA) is 127 Å². The Kier molecular flexibility index (Phi) is 4.16. The number of nitrogens with one attached hydrogen (secondary N) is 1. The van der Waals surface area contributed by atoms with Crippen LogP contribution in [0.15, 0.2) is 36.7 Å². The van der Waals surface area contributed by atoms with E-state index < -0.39 is 22.8 Å². The van der Waals surface area contributed by atoms with E-state index in [-0.39, 0.29) is 11.3 Å². The largest absolute Gasteiger partial charge is 0.478 e. The number of carbonyl (C=O) groups excluding carboxylic acids is 1. The molecule has 9 heteroatoms. The van der Waals surface area contributed by atoms with Crippen LogP contribution in [0.1, 0.15) is 23.3 Å². The van der Waals surface area contributed by atoms with Gasteiger partial charge in [0.2, 0.25) is 5.91 Å². The van der Waals surface area contributed by atoms with Crippen molar-refractivity contribution in [3.8, 4) is 0 Å². The van der Waals surface area contributed by atoms with Crippen LogP contribution in [0.4, 0.5) is 11.4 Å². The third kappa shape index (κ3) is 3.26. The standard InChI is InChI=1S/C13H12N4O5/c1-8(16-7-11(6-14-16)17(21)22)12(18)15-10-4-2-9(3-5-10)13(19)20/h2-8H,1H3,(H,15,18)(H,19,20). The molecule has 1 atom stereocenters. The van der Waals surface area contributed by atoms with Gasteiger partial charge >= 0.3 is 11.7 Å². The van der Waals surface area contributed by atoms with E-state index in [0.717, 1.165) is 12.4 Å². The molecule has 9 nitrogen and oxygen atoms in total. The zero-order chi connectivity index (χ0) is 16.3. The van der Waals surface area contributed by atoms with Gasteiger partial charge in [-0.15, -0.1) is 0 Å². The van der Waals surface area contributed by atoms with E-state index in [1.165, 1.54) is 35.9 Å². The molecule has 1 aromatic carbocycles. The number of hydrogen-bond donors (Lipinski definition) is 2. The van der Waals surface area contributed by atoms with Crippen LogP contribution >= 0.6 is 0 Å². The van der Waals surface area contributed by atoms with Gasteiger partial charge in [-0.3, -0.25) is 19.6 Å². The van der Waals surface area contributed by atoms with E-state index in [1.807, 2.05) is 0 Å². The first-order valence-electron chi connectivity index (χ1n) is 6.21. The molecule has 22 heavy (non-hydrogen) atoms. The lowest BCUT2D eigenvalue weighted by molar-refractivity contribution is -0.385. The van der Waals surface area contributed by atoms with Gasteiger partial charge in [0.05, 0.1) is 10.5 Å². The molecule has 0 fully saturated rings. The average molecular weight is 304 g/mol. The van der Waals surface area contributed by atoms with Crippen molar-refractivity contribution in [3.05, 3.63) is 52.3 Å². The van der Waals surface area contributed by atoms with Crippen molar-refractivity contribution < 1.29 is 19.6 Å². The number of carbonyl (C=O) groups is 2. The van der Waals surface area contributed by atoms with Crippen LogP contribution in [0.25, 0.3) is 0 Å². The maximum Gasteiger partial charge on any atom is 0.335 e. The highest BCUT2D eigenvalue weighted by Gasteiger charge is 2.19. The number of nitro groups is 1. The summed E-state index contributed by atoms with van der Waals surface area (Å²) in [4.78, 5) is 32.8. The Balaban J connectivity index is 2.07. The molecule has 1 amide bonds. The van der Waals surface area contributed by atoms with Gasteiger partial charge in [0.1, 0.15) is 18.4 Å². The lowest BCUT2D eigenvalue weighted by Gasteiger charge is -2.12. The summed E-state index contributed by atoms with van der Waals surface area (Å²) in [6.45, 7) is 1.54. The van der Waals surface area contributed by atoms with Crippen molar-refractivity contribution in [1.82, 2.24) is 9.78 Å². The second kappa shape index (κ2) is 6.04. The van der Waals surface area contributed by atoms with Crippen molar-refractivity contribution in [1.29, 1.82) is 0 Å². The molecule has 2 rings (SSSR count). The Labute approximate surface area is 124 Å². The van der Waals surface area contributed by atoms with Crippen LogP contribution < -0.4 is 5.32 Å². The summed E-state index contributed by atoms with van der Waals surface area (Å²) in [6, 6.07) is 4.88. The number of amides is 1. The number of rotatable bonds is 5. The molecule has 114 valence electrons. The van der Waals surface area contributed by atoms with Crippen molar-refractivity contribution >= 4 is 23.3 Å². The molecule has 2 aromatic rings. The van der Waals surface area contributed by atoms with Gasteiger partial charge in [-0.25, -0.2) is 4.79 Å². The third-order valence-corrected chi connectivity index (χ3v) is 2.97. The van der Waals surface area contributed by atoms with Crippen LogP contribution in [0.2, 0.25) is 0 Å². The second-order valence-corrected chi connectivity index (χ2v) is 4.48. The molecule has 0 saturated carbocycles. The van der Waals surface area contributed by atoms with E-state index in [0.29, 0.717) is 5.69 Å². The molecular weight excluding hydrogens is 292 g/mol. The van der Waals surface area contributed by atoms with E-state index in [2.05, 4.69) is 10.4 Å². The van der Waals surface area contributed by atoms with Crippen molar-refractivity contribution in [2.24, 2.45) is 0 Å². The molecule has 0 saturated heterocycles. The van der Waals surface area contributed by atoms with Crippen LogP contribution in [0.3, 0.4) is 0 Å². The summed E-state index contributed by atoms with van der Waals surface area (Å²) in [5, 5.41) is 25.7. The Morgan fingerprint density at radius 3 is 2.50 bits per heavy atom. The highest BCUT2D eigenvalue weighted by molar-refractivity contribution is 5.94. The predicted octanol–water partition coefficient (Wildman–Crippen LogP) is 1.69. The number of carboxylic acids is 1. The minimum Gasteiger partial charge on any atom is -0.478 e. The van der Waals surface area contributed by atoms with Crippen LogP contribution in [0.5, 0.6) is 0 Å². The Morgan fingerprint density at radius 1 is 1.36 bits per heavy atom. The minimum atomic E-state index is -1.06. The van der Waals surface area contributed by atoms with Gasteiger partial charge in [0.25, 0.3) is 0 Å². The quantitative estimate of drug-likeness (QED) is 0.639. The highest BCUT2D eigenvalue weighted by Crippen LogP contribution is 2.16. The molecule has 1 unspecified atom stereocenters. The van der Waals surface area contributed by atoms with E-state index in [9.17, 15) is 19.7 Å². The average Bonchev–Trinajstić information content (AvgIpc) is 2.97. The van der Waals surface area contributed by atoms with E-state index in [1.54, 1.807) is 0 Å². The van der Waals surface area contributed by atoms with Crippen molar-refractivity contribution in [2.75, 3.05) is 5.32 Å². The Morgan fingerprint density at radius 2 is 2.00 bits per heavy atom. The monoisotopic (exact) mass is 304 g/mol. The van der Waals surface area contributed by atoms with Crippen LogP contribution in [-0.2, 0) is 4.79 Å². The predicted molar refractivity (Wildman–Crippen MR) is 75.6 cm³/mol. The number of nitrogens with zero attached hydrogens (tertiary/aromatic N) is 3. The zero-order valence-electron chi connectivity index (χ0n) is 11.5. The molecular formula is C13H12N4O5. The first-order chi connectivity index (χ1) is 10.4. The lowest BCUT2D eigenvalue weighted by atomic mass is 10.2. The SMILES string of the molecule is CC(C(=O)Nc1ccc(C(=O)O)cc1)n1cc([N+](=O)[O-])cn1. The van der Waals surface area contributed by atoms with Gasteiger partial charge in [0.15, 0.2) is 0 Å². The second-order valence-electron chi connectivity index (χ2n) is 4.48. The lowest BCUT2D eigenvalue weighted by Crippen LogP contribution is -2.24. The summed E-state index contributed by atoms with van der Waals surface area (Å²) >= 11 is 0. The smallest absolute Gasteiger partial charge is 0.335 e. The minimum absolute atomic E-state index is 0.105. The Bertz CT molecular complexity index is 722. The molecule has 0 radical (unpaired) electrons. The molecule has 0 bridgehead atoms. The van der Waals surface area contributed by atoms with Gasteiger partial charge in [-0.05, 0) is 31.2 Å². The summed E-state index contributed by atoms with van der Waals surface area (Å²) in [5.74, 6) is -1.49. The van der Waals surface area contributed by atoms with E-state index >= 15 is 0 Å². The zero-order valence-corrected chi connectivity index (χ0v) is 11.5. The van der Waals surface area contributed by atoms with Gasteiger partial charge < -0.3 is 10.4 Å². The molecule has 0 aliphatic rings. The number of anilines is 1. The number of carboxylic acid groups (broad SMARTS) is 1. The molecule has 0 spiro atoms. The molecule has 1 heterocycles.